The van der Waals surface area contributed by atoms with Crippen LogP contribution in [0.5, 0.6) is 5.75 Å². The van der Waals surface area contributed by atoms with E-state index in [1.807, 2.05) is 0 Å². The van der Waals surface area contributed by atoms with Gasteiger partial charge in [0.1, 0.15) is 23.9 Å². The highest BCUT2D eigenvalue weighted by molar-refractivity contribution is 6.02. The van der Waals surface area contributed by atoms with Gasteiger partial charge in [0, 0.05) is 11.9 Å². The number of hydrogen-bond acceptors (Lipinski definition) is 7. The molecule has 0 spiro atoms. The van der Waals surface area contributed by atoms with E-state index in [0.29, 0.717) is 10.9 Å². The van der Waals surface area contributed by atoms with Crippen LogP contribution in [0.1, 0.15) is 24.2 Å². The normalized spacial score (nSPS) is 23.4. The number of nitrogens with one attached hydrogen (secondary N) is 1. The van der Waals surface area contributed by atoms with Gasteiger partial charge in [-0.25, -0.2) is 23.5 Å². The molecule has 2 amide bonds. The Morgan fingerprint density at radius 3 is 2.79 bits per heavy atom. The fraction of sp³-hybridized carbons (Fsp3) is 0.444. The van der Waals surface area contributed by atoms with Gasteiger partial charge in [-0.3, -0.25) is 4.79 Å². The number of nitrogens with zero attached hydrogens (tertiary/aromatic N) is 3. The van der Waals surface area contributed by atoms with E-state index >= 15 is 0 Å². The summed E-state index contributed by atoms with van der Waals surface area (Å²) in [5.41, 5.74) is 5.94. The first-order chi connectivity index (χ1) is 13.8. The van der Waals surface area contributed by atoms with Gasteiger partial charge in [0.25, 0.3) is 12.3 Å². The summed E-state index contributed by atoms with van der Waals surface area (Å²) in [6, 6.07) is 1.03. The minimum Gasteiger partial charge on any atom is -0.490 e. The predicted molar refractivity (Wildman–Crippen MR) is 98.2 cm³/mol. The van der Waals surface area contributed by atoms with Crippen LogP contribution in [0.15, 0.2) is 18.5 Å². The maximum Gasteiger partial charge on any atom is 0.407 e. The van der Waals surface area contributed by atoms with Crippen LogP contribution in [-0.2, 0) is 4.74 Å². The van der Waals surface area contributed by atoms with Gasteiger partial charge >= 0.3 is 6.09 Å². The van der Waals surface area contributed by atoms with Crippen molar-refractivity contribution in [1.29, 1.82) is 0 Å². The minimum absolute atomic E-state index is 0.0927. The van der Waals surface area contributed by atoms with Gasteiger partial charge in [-0.15, -0.1) is 0 Å². The molecular weight excluding hydrogens is 388 g/mol. The fourth-order valence-corrected chi connectivity index (χ4v) is 3.79. The van der Waals surface area contributed by atoms with Crippen LogP contribution >= 0.6 is 0 Å². The van der Waals surface area contributed by atoms with Gasteiger partial charge in [0.2, 0.25) is 0 Å². The van der Waals surface area contributed by atoms with Crippen LogP contribution in [-0.4, -0.2) is 59.2 Å². The third kappa shape index (κ3) is 3.26. The van der Waals surface area contributed by atoms with Crippen molar-refractivity contribution in [3.05, 3.63) is 24.0 Å². The zero-order valence-electron chi connectivity index (χ0n) is 15.6. The van der Waals surface area contributed by atoms with E-state index in [1.54, 1.807) is 13.8 Å². The Morgan fingerprint density at radius 2 is 2.14 bits per heavy atom. The van der Waals surface area contributed by atoms with E-state index in [-0.39, 0.29) is 29.8 Å². The third-order valence-corrected chi connectivity index (χ3v) is 4.91. The number of alkyl halides is 2. The Hall–Kier alpha value is -3.24. The number of rotatable bonds is 5. The summed E-state index contributed by atoms with van der Waals surface area (Å²) in [7, 11) is 0. The van der Waals surface area contributed by atoms with Crippen LogP contribution in [0.2, 0.25) is 0 Å². The van der Waals surface area contributed by atoms with Gasteiger partial charge < -0.3 is 25.4 Å². The number of alkyl carbamates (subject to hydrolysis) is 1. The second-order valence-corrected chi connectivity index (χ2v) is 7.19. The second-order valence-electron chi connectivity index (χ2n) is 7.19. The topological polar surface area (TPSA) is 120 Å². The number of benzene rings is 1. The van der Waals surface area contributed by atoms with Gasteiger partial charge in [0.15, 0.2) is 6.10 Å². The number of nitrogens with two attached hydrogens (primary N) is 1. The van der Waals surface area contributed by atoms with Crippen molar-refractivity contribution < 1.29 is 27.8 Å². The summed E-state index contributed by atoms with van der Waals surface area (Å²) in [4.78, 5) is 33.0. The standard InChI is InChI=1S/C18H19F2N5O4/c1-7(2)28-12-4-8-10(3-9(12)16(21)26)22-6-23-17(8)25-5-11-14(13(25)15(19)20)29-18(27)24-11/h3-4,6-7,11,13-15H,5H2,1-2H3,(H2,21,26)(H,24,27)/t11-,13?,14-/m1/s1. The maximum atomic E-state index is 13.9. The molecular formula is C18H19F2N5O4. The van der Waals surface area contributed by atoms with Crippen molar-refractivity contribution in [2.24, 2.45) is 5.73 Å². The van der Waals surface area contributed by atoms with Crippen LogP contribution in [0.25, 0.3) is 10.9 Å². The van der Waals surface area contributed by atoms with Crippen molar-refractivity contribution in [3.8, 4) is 5.75 Å². The summed E-state index contributed by atoms with van der Waals surface area (Å²) in [5, 5.41) is 2.97. The lowest BCUT2D eigenvalue weighted by Gasteiger charge is -2.28. The van der Waals surface area contributed by atoms with Crippen molar-refractivity contribution in [3.63, 3.8) is 0 Å². The quantitative estimate of drug-likeness (QED) is 0.770. The molecule has 2 aromatic rings. The molecule has 0 saturated carbocycles. The number of carbonyl (C=O) groups is 2. The molecule has 29 heavy (non-hydrogen) atoms. The SMILES string of the molecule is CC(C)Oc1cc2c(N3C[C@H]4NC(=O)O[C@H]4C3C(F)F)ncnc2cc1C(N)=O. The average Bonchev–Trinajstić information content (AvgIpc) is 3.15. The monoisotopic (exact) mass is 407 g/mol. The first kappa shape index (κ1) is 19.1. The molecule has 3 N–H and O–H groups in total. The summed E-state index contributed by atoms with van der Waals surface area (Å²) < 4.78 is 38.5. The molecule has 9 nitrogen and oxygen atoms in total. The van der Waals surface area contributed by atoms with Gasteiger partial charge in [-0.05, 0) is 26.0 Å². The molecule has 4 rings (SSSR count). The van der Waals surface area contributed by atoms with E-state index in [9.17, 15) is 18.4 Å². The van der Waals surface area contributed by atoms with Crippen molar-refractivity contribution in [2.45, 2.75) is 44.6 Å². The summed E-state index contributed by atoms with van der Waals surface area (Å²) in [6.07, 6.45) is -3.51. The Bertz CT molecular complexity index is 986. The molecule has 2 aliphatic rings. The molecule has 3 heterocycles. The van der Waals surface area contributed by atoms with Crippen molar-refractivity contribution in [1.82, 2.24) is 15.3 Å². The lowest BCUT2D eigenvalue weighted by Crippen LogP contribution is -2.42. The number of carbonyl (C=O) groups excluding carboxylic acids is 2. The molecule has 0 bridgehead atoms. The van der Waals surface area contributed by atoms with E-state index in [4.69, 9.17) is 15.2 Å². The molecule has 0 radical (unpaired) electrons. The average molecular weight is 407 g/mol. The van der Waals surface area contributed by atoms with Crippen LogP contribution in [0.4, 0.5) is 19.4 Å². The smallest absolute Gasteiger partial charge is 0.407 e. The lowest BCUT2D eigenvalue weighted by molar-refractivity contribution is 0.0499. The summed E-state index contributed by atoms with van der Waals surface area (Å²) in [6.45, 7) is 3.66. The fourth-order valence-electron chi connectivity index (χ4n) is 3.79. The highest BCUT2D eigenvalue weighted by Crippen LogP contribution is 2.37. The largest absolute Gasteiger partial charge is 0.490 e. The Morgan fingerprint density at radius 1 is 1.38 bits per heavy atom. The highest BCUT2D eigenvalue weighted by atomic mass is 19.3. The first-order valence-electron chi connectivity index (χ1n) is 9.03. The molecule has 11 heteroatoms. The van der Waals surface area contributed by atoms with Crippen LogP contribution in [0, 0.1) is 0 Å². The number of halogens is 2. The summed E-state index contributed by atoms with van der Waals surface area (Å²) in [5.74, 6) is -0.245. The number of fused-ring (bicyclic) bond motifs is 2. The third-order valence-electron chi connectivity index (χ3n) is 4.91. The van der Waals surface area contributed by atoms with Crippen LogP contribution in [0.3, 0.4) is 0 Å². The minimum atomic E-state index is -2.78. The molecule has 3 atom stereocenters. The Labute approximate surface area is 164 Å². The van der Waals surface area contributed by atoms with Crippen molar-refractivity contribution in [2.75, 3.05) is 11.4 Å². The second kappa shape index (κ2) is 6.98. The number of ether oxygens (including phenoxy) is 2. The van der Waals surface area contributed by atoms with Gasteiger partial charge in [0.05, 0.1) is 23.2 Å². The maximum absolute atomic E-state index is 13.9. The van der Waals surface area contributed by atoms with E-state index in [1.165, 1.54) is 23.4 Å². The Kier molecular flexibility index (Phi) is 4.59. The van der Waals surface area contributed by atoms with Crippen molar-refractivity contribution >= 4 is 28.7 Å². The molecule has 1 aromatic carbocycles. The number of primary amides is 1. The zero-order valence-corrected chi connectivity index (χ0v) is 15.6. The Balaban J connectivity index is 1.83. The number of anilines is 1. The zero-order chi connectivity index (χ0) is 20.9. The highest BCUT2D eigenvalue weighted by Gasteiger charge is 2.53. The molecule has 0 aliphatic carbocycles. The van der Waals surface area contributed by atoms with E-state index in [2.05, 4.69) is 15.3 Å². The summed E-state index contributed by atoms with van der Waals surface area (Å²) >= 11 is 0. The van der Waals surface area contributed by atoms with E-state index < -0.39 is 36.6 Å². The van der Waals surface area contributed by atoms with E-state index in [0.717, 1.165) is 0 Å². The molecule has 154 valence electrons. The first-order valence-corrected chi connectivity index (χ1v) is 9.03. The van der Waals surface area contributed by atoms with Gasteiger partial charge in [-0.2, -0.15) is 0 Å². The number of aromatic nitrogens is 2. The lowest BCUT2D eigenvalue weighted by atomic mass is 10.1. The predicted octanol–water partition coefficient (Wildman–Crippen LogP) is 1.45. The molecule has 1 aromatic heterocycles. The number of amides is 2. The molecule has 2 saturated heterocycles. The molecule has 2 aliphatic heterocycles. The van der Waals surface area contributed by atoms with Gasteiger partial charge in [-0.1, -0.05) is 0 Å². The number of hydrogen-bond donors (Lipinski definition) is 2. The molecule has 1 unspecified atom stereocenters. The molecule has 2 fully saturated rings. The van der Waals surface area contributed by atoms with Crippen LogP contribution < -0.4 is 20.7 Å².